The fraction of sp³-hybridized carbons (Fsp3) is 0.625. The first-order chi connectivity index (χ1) is 5.13. The summed E-state index contributed by atoms with van der Waals surface area (Å²) in [6.07, 6.45) is 5.02. The maximum atomic E-state index is 10.6. The summed E-state index contributed by atoms with van der Waals surface area (Å²) in [7, 11) is 0. The summed E-state index contributed by atoms with van der Waals surface area (Å²) in [6.45, 7) is 0. The van der Waals surface area contributed by atoms with Crippen molar-refractivity contribution in [3.63, 3.8) is 0 Å². The molecule has 2 rings (SSSR count). The molecule has 11 heavy (non-hydrogen) atoms. The molecule has 1 fully saturated rings. The molecule has 1 saturated carbocycles. The van der Waals surface area contributed by atoms with Crippen LogP contribution in [0.3, 0.4) is 0 Å². The Morgan fingerprint density at radius 1 is 1.55 bits per heavy atom. The zero-order valence-corrected chi connectivity index (χ0v) is 6.03. The molecule has 2 aliphatic rings. The maximum absolute atomic E-state index is 10.6. The number of hydrogen-bond donors (Lipinski definition) is 2. The molecule has 0 aromatic rings. The first-order valence-electron chi connectivity index (χ1n) is 3.77. The van der Waals surface area contributed by atoms with Gasteiger partial charge in [-0.15, -0.1) is 0 Å². The quantitative estimate of drug-likeness (QED) is 0.537. The third kappa shape index (κ3) is 0.744. The lowest BCUT2D eigenvalue weighted by Gasteiger charge is -2.24. The number of aliphatic carboxylic acids is 1. The fourth-order valence-electron chi connectivity index (χ4n) is 2.08. The van der Waals surface area contributed by atoms with E-state index in [1.54, 1.807) is 0 Å². The fourth-order valence-corrected chi connectivity index (χ4v) is 2.08. The zero-order valence-electron chi connectivity index (χ0n) is 6.03. The highest BCUT2D eigenvalue weighted by atomic mass is 16.4. The molecule has 60 valence electrons. The zero-order chi connectivity index (χ0) is 8.06. The van der Waals surface area contributed by atoms with E-state index in [0.29, 0.717) is 12.3 Å². The van der Waals surface area contributed by atoms with Gasteiger partial charge < -0.3 is 10.2 Å². The molecule has 3 nitrogen and oxygen atoms in total. The Labute approximate surface area is 64.3 Å². The van der Waals surface area contributed by atoms with Gasteiger partial charge in [-0.05, 0) is 18.8 Å². The Balaban J connectivity index is 2.30. The molecule has 0 radical (unpaired) electrons. The lowest BCUT2D eigenvalue weighted by Crippen LogP contribution is -2.42. The van der Waals surface area contributed by atoms with Crippen molar-refractivity contribution in [3.8, 4) is 0 Å². The highest BCUT2D eigenvalue weighted by Crippen LogP contribution is 2.46. The summed E-state index contributed by atoms with van der Waals surface area (Å²) in [5, 5.41) is 18.3. The number of hydrogen-bond acceptors (Lipinski definition) is 2. The van der Waals surface area contributed by atoms with Gasteiger partial charge in [0, 0.05) is 5.92 Å². The molecule has 0 unspecified atom stereocenters. The van der Waals surface area contributed by atoms with E-state index >= 15 is 0 Å². The van der Waals surface area contributed by atoms with Crippen molar-refractivity contribution in [2.24, 2.45) is 11.8 Å². The number of aliphatic hydroxyl groups is 1. The summed E-state index contributed by atoms with van der Waals surface area (Å²) in [6, 6.07) is 0. The van der Waals surface area contributed by atoms with Gasteiger partial charge in [0.2, 0.25) is 0 Å². The molecule has 0 aliphatic heterocycles. The van der Waals surface area contributed by atoms with E-state index in [4.69, 9.17) is 5.11 Å². The van der Waals surface area contributed by atoms with Crippen molar-refractivity contribution in [2.75, 3.05) is 0 Å². The van der Waals surface area contributed by atoms with Gasteiger partial charge in [0.1, 0.15) is 0 Å². The molecule has 0 heterocycles. The molecular formula is C8H10O3. The second-order valence-electron chi connectivity index (χ2n) is 3.42. The standard InChI is InChI=1S/C8H10O3/c9-7(10)8(11)4-5-1-2-6(8)3-5/h1-2,5-6,11H,3-4H2,(H,9,10)/t5-,6-,8-/m0/s1. The SMILES string of the molecule is O=C(O)[C@]1(O)C[C@H]2C=C[C@H]1C2. The Bertz CT molecular complexity index is 233. The first kappa shape index (κ1) is 6.85. The second kappa shape index (κ2) is 1.85. The van der Waals surface area contributed by atoms with Crippen molar-refractivity contribution in [3.05, 3.63) is 12.2 Å². The van der Waals surface area contributed by atoms with Gasteiger partial charge >= 0.3 is 5.97 Å². The predicted octanol–water partition coefficient (Wildman–Crippen LogP) is 0.398. The predicted molar refractivity (Wildman–Crippen MR) is 37.9 cm³/mol. The Morgan fingerprint density at radius 2 is 2.27 bits per heavy atom. The monoisotopic (exact) mass is 154 g/mol. The minimum Gasteiger partial charge on any atom is -0.479 e. The van der Waals surface area contributed by atoms with Crippen molar-refractivity contribution >= 4 is 5.97 Å². The molecule has 2 N–H and O–H groups in total. The Hall–Kier alpha value is -0.830. The van der Waals surface area contributed by atoms with Crippen LogP contribution in [0, 0.1) is 11.8 Å². The van der Waals surface area contributed by atoms with Crippen LogP contribution in [-0.4, -0.2) is 21.8 Å². The normalized spacial score (nSPS) is 46.6. The Kier molecular flexibility index (Phi) is 1.16. The minimum atomic E-state index is -1.46. The van der Waals surface area contributed by atoms with Gasteiger partial charge in [-0.3, -0.25) is 0 Å². The van der Waals surface area contributed by atoms with Gasteiger partial charge in [0.05, 0.1) is 0 Å². The van der Waals surface area contributed by atoms with Crippen molar-refractivity contribution in [1.82, 2.24) is 0 Å². The summed E-state index contributed by atoms with van der Waals surface area (Å²) >= 11 is 0. The number of allylic oxidation sites excluding steroid dienone is 1. The van der Waals surface area contributed by atoms with Gasteiger partial charge in [-0.1, -0.05) is 12.2 Å². The summed E-state index contributed by atoms with van der Waals surface area (Å²) in [5.74, 6) is -0.930. The van der Waals surface area contributed by atoms with E-state index in [1.165, 1.54) is 0 Å². The van der Waals surface area contributed by atoms with Crippen LogP contribution < -0.4 is 0 Å². The van der Waals surface area contributed by atoms with E-state index in [2.05, 4.69) is 0 Å². The van der Waals surface area contributed by atoms with Crippen LogP contribution in [0.25, 0.3) is 0 Å². The van der Waals surface area contributed by atoms with Gasteiger partial charge in [0.15, 0.2) is 5.60 Å². The number of carboxylic acids is 1. The van der Waals surface area contributed by atoms with Crippen LogP contribution in [0.4, 0.5) is 0 Å². The number of carbonyl (C=O) groups is 1. The molecule has 0 aromatic carbocycles. The molecule has 0 amide bonds. The molecule has 2 aliphatic carbocycles. The van der Waals surface area contributed by atoms with E-state index < -0.39 is 11.6 Å². The third-order valence-corrected chi connectivity index (χ3v) is 2.73. The highest BCUT2D eigenvalue weighted by molar-refractivity contribution is 5.79. The highest BCUT2D eigenvalue weighted by Gasteiger charge is 2.52. The number of carboxylic acid groups (broad SMARTS) is 1. The van der Waals surface area contributed by atoms with Crippen molar-refractivity contribution < 1.29 is 15.0 Å². The van der Waals surface area contributed by atoms with Crippen molar-refractivity contribution in [1.29, 1.82) is 0 Å². The molecule has 0 spiro atoms. The number of rotatable bonds is 1. The van der Waals surface area contributed by atoms with Crippen LogP contribution in [0.5, 0.6) is 0 Å². The van der Waals surface area contributed by atoms with E-state index in [9.17, 15) is 9.90 Å². The molecule has 0 saturated heterocycles. The lowest BCUT2D eigenvalue weighted by atomic mass is 9.89. The summed E-state index contributed by atoms with van der Waals surface area (Å²) in [4.78, 5) is 10.6. The molecule has 0 aromatic heterocycles. The summed E-state index contributed by atoms with van der Waals surface area (Å²) < 4.78 is 0. The third-order valence-electron chi connectivity index (χ3n) is 2.73. The van der Waals surface area contributed by atoms with Crippen LogP contribution in [0.1, 0.15) is 12.8 Å². The smallest absolute Gasteiger partial charge is 0.336 e. The van der Waals surface area contributed by atoms with E-state index in [1.807, 2.05) is 12.2 Å². The average Bonchev–Trinajstić information content (AvgIpc) is 2.45. The molecule has 2 bridgehead atoms. The molecular weight excluding hydrogens is 144 g/mol. The van der Waals surface area contributed by atoms with Crippen LogP contribution in [-0.2, 0) is 4.79 Å². The van der Waals surface area contributed by atoms with Crippen LogP contribution in [0.2, 0.25) is 0 Å². The largest absolute Gasteiger partial charge is 0.479 e. The second-order valence-corrected chi connectivity index (χ2v) is 3.42. The summed E-state index contributed by atoms with van der Waals surface area (Å²) in [5.41, 5.74) is -1.46. The topological polar surface area (TPSA) is 57.5 Å². The maximum Gasteiger partial charge on any atom is 0.336 e. The number of fused-ring (bicyclic) bond motifs is 2. The van der Waals surface area contributed by atoms with E-state index in [0.717, 1.165) is 6.42 Å². The van der Waals surface area contributed by atoms with Gasteiger partial charge in [-0.2, -0.15) is 0 Å². The van der Waals surface area contributed by atoms with Gasteiger partial charge in [-0.25, -0.2) is 4.79 Å². The first-order valence-corrected chi connectivity index (χ1v) is 3.77. The lowest BCUT2D eigenvalue weighted by molar-refractivity contribution is -0.161. The van der Waals surface area contributed by atoms with E-state index in [-0.39, 0.29) is 5.92 Å². The average molecular weight is 154 g/mol. The minimum absolute atomic E-state index is 0.148. The van der Waals surface area contributed by atoms with Gasteiger partial charge in [0.25, 0.3) is 0 Å². The molecule has 3 atom stereocenters. The van der Waals surface area contributed by atoms with Crippen LogP contribution in [0.15, 0.2) is 12.2 Å². The molecule has 3 heteroatoms. The van der Waals surface area contributed by atoms with Crippen molar-refractivity contribution in [2.45, 2.75) is 18.4 Å². The van der Waals surface area contributed by atoms with Crippen LogP contribution >= 0.6 is 0 Å². The Morgan fingerprint density at radius 3 is 2.55 bits per heavy atom.